The van der Waals surface area contributed by atoms with Crippen molar-refractivity contribution < 1.29 is 0 Å². The van der Waals surface area contributed by atoms with Crippen molar-refractivity contribution in [3.8, 4) is 39.2 Å². The molecule has 0 unspecified atom stereocenters. The molecule has 2 heteroatoms. The van der Waals surface area contributed by atoms with Crippen LogP contribution in [0, 0.1) is 0 Å². The quantitative estimate of drug-likeness (QED) is 0.242. The lowest BCUT2D eigenvalue weighted by Crippen LogP contribution is -2.25. The molecule has 1 aromatic heterocycles. The summed E-state index contributed by atoms with van der Waals surface area (Å²) >= 11 is 0. The lowest BCUT2D eigenvalue weighted by atomic mass is 9.86. The third-order valence-electron chi connectivity index (χ3n) is 6.45. The fourth-order valence-electron chi connectivity index (χ4n) is 4.84. The van der Waals surface area contributed by atoms with Gasteiger partial charge >= 0.3 is 0 Å². The molecule has 35 heavy (non-hydrogen) atoms. The number of para-hydroxylation sites is 1. The zero-order valence-electron chi connectivity index (χ0n) is 20.0. The predicted octanol–water partition coefficient (Wildman–Crippen LogP) is 8.18. The van der Waals surface area contributed by atoms with Crippen molar-refractivity contribution in [3.05, 3.63) is 137 Å². The fraction of sp³-hybridized carbons (Fsp3) is 0.121. The number of hydrogen-bond donors (Lipinski definition) is 0. The van der Waals surface area contributed by atoms with Gasteiger partial charge in [-0.25, -0.2) is 0 Å². The summed E-state index contributed by atoms with van der Waals surface area (Å²) in [6.45, 7) is 2.22. The maximum atomic E-state index is 14.5. The summed E-state index contributed by atoms with van der Waals surface area (Å²) in [7, 11) is 0. The Hall–Kier alpha value is -4.17. The molecule has 0 aliphatic heterocycles. The Morgan fingerprint density at radius 3 is 1.54 bits per heavy atom. The fourth-order valence-corrected chi connectivity index (χ4v) is 4.84. The molecule has 0 saturated heterocycles. The Balaban J connectivity index is 2.00. The molecule has 5 aromatic rings. The van der Waals surface area contributed by atoms with Gasteiger partial charge in [-0.15, -0.1) is 0 Å². The number of aromatic nitrogens is 1. The average molecular weight is 456 g/mol. The molecule has 0 atom stereocenters. The van der Waals surface area contributed by atoms with Crippen LogP contribution in [0.2, 0.25) is 0 Å². The Labute approximate surface area is 207 Å². The van der Waals surface area contributed by atoms with Gasteiger partial charge in [-0.3, -0.25) is 9.36 Å². The van der Waals surface area contributed by atoms with Crippen LogP contribution < -0.4 is 5.56 Å². The zero-order chi connectivity index (χ0) is 24.0. The molecule has 0 N–H and O–H groups in total. The number of hydrogen-bond acceptors (Lipinski definition) is 1. The summed E-state index contributed by atoms with van der Waals surface area (Å²) < 4.78 is 1.93. The maximum Gasteiger partial charge on any atom is 0.264 e. The van der Waals surface area contributed by atoms with Gasteiger partial charge in [0.2, 0.25) is 0 Å². The van der Waals surface area contributed by atoms with Crippen LogP contribution in [0.5, 0.6) is 0 Å². The van der Waals surface area contributed by atoms with Crippen molar-refractivity contribution in [2.45, 2.75) is 26.2 Å². The highest BCUT2D eigenvalue weighted by atomic mass is 16.1. The van der Waals surface area contributed by atoms with Crippen LogP contribution in [-0.2, 0) is 6.42 Å². The van der Waals surface area contributed by atoms with E-state index in [0.29, 0.717) is 0 Å². The van der Waals surface area contributed by atoms with E-state index in [9.17, 15) is 4.79 Å². The normalized spacial score (nSPS) is 10.9. The van der Waals surface area contributed by atoms with Crippen molar-refractivity contribution in [1.29, 1.82) is 0 Å². The molecule has 0 spiro atoms. The molecule has 0 saturated carbocycles. The lowest BCUT2D eigenvalue weighted by Gasteiger charge is -2.24. The summed E-state index contributed by atoms with van der Waals surface area (Å²) in [6, 6.07) is 40.9. The molecule has 1 heterocycles. The van der Waals surface area contributed by atoms with Gasteiger partial charge in [-0.1, -0.05) is 123 Å². The molecule has 4 aromatic carbocycles. The maximum absolute atomic E-state index is 14.5. The summed E-state index contributed by atoms with van der Waals surface area (Å²) in [5.41, 5.74) is 7.95. The molecular weight excluding hydrogens is 426 g/mol. The Morgan fingerprint density at radius 2 is 1.03 bits per heavy atom. The van der Waals surface area contributed by atoms with Crippen molar-refractivity contribution in [1.82, 2.24) is 4.57 Å². The molecule has 0 aliphatic carbocycles. The van der Waals surface area contributed by atoms with Gasteiger partial charge in [0.05, 0.1) is 11.3 Å². The van der Waals surface area contributed by atoms with Crippen LogP contribution in [-0.4, -0.2) is 4.57 Å². The Bertz CT molecular complexity index is 1350. The topological polar surface area (TPSA) is 22.0 Å². The second-order valence-corrected chi connectivity index (χ2v) is 8.75. The van der Waals surface area contributed by atoms with Gasteiger partial charge in [0.15, 0.2) is 0 Å². The van der Waals surface area contributed by atoms with Crippen molar-refractivity contribution >= 4 is 0 Å². The summed E-state index contributed by atoms with van der Waals surface area (Å²) in [5.74, 6) is 0. The van der Waals surface area contributed by atoms with E-state index in [2.05, 4.69) is 43.3 Å². The predicted molar refractivity (Wildman–Crippen MR) is 147 cm³/mol. The van der Waals surface area contributed by atoms with Crippen molar-refractivity contribution in [2.75, 3.05) is 0 Å². The lowest BCUT2D eigenvalue weighted by molar-refractivity contribution is 0.789. The van der Waals surface area contributed by atoms with E-state index in [-0.39, 0.29) is 5.56 Å². The number of rotatable bonds is 7. The molecule has 0 radical (unpaired) electrons. The minimum Gasteiger partial charge on any atom is -0.276 e. The van der Waals surface area contributed by atoms with Gasteiger partial charge in [0.1, 0.15) is 0 Å². The van der Waals surface area contributed by atoms with E-state index in [1.165, 1.54) is 5.56 Å². The van der Waals surface area contributed by atoms with Gasteiger partial charge in [-0.05, 0) is 47.2 Å². The second kappa shape index (κ2) is 10.4. The smallest absolute Gasteiger partial charge is 0.264 e. The highest BCUT2D eigenvalue weighted by Gasteiger charge is 2.25. The van der Waals surface area contributed by atoms with Crippen LogP contribution in [0.4, 0.5) is 0 Å². The third kappa shape index (κ3) is 4.48. The summed E-state index contributed by atoms with van der Waals surface area (Å²) in [4.78, 5) is 14.5. The van der Waals surface area contributed by atoms with Gasteiger partial charge in [0, 0.05) is 11.3 Å². The number of nitrogens with zero attached hydrogens (tertiary/aromatic N) is 1. The Kier molecular flexibility index (Phi) is 6.72. The van der Waals surface area contributed by atoms with Crippen LogP contribution >= 0.6 is 0 Å². The second-order valence-electron chi connectivity index (χ2n) is 8.75. The summed E-state index contributed by atoms with van der Waals surface area (Å²) in [5, 5.41) is 0. The van der Waals surface area contributed by atoms with Crippen LogP contribution in [0.25, 0.3) is 39.2 Å². The summed E-state index contributed by atoms with van der Waals surface area (Å²) in [6.07, 6.45) is 3.01. The standard InChI is InChI=1S/C33H29NO/c1-2-3-24-29-30(25-16-8-4-9-17-25)31(26-18-10-5-11-19-26)33(35)34(28-22-14-7-15-23-28)32(29)27-20-12-6-13-21-27/h4-23H,2-3,24H2,1H3. The first-order chi connectivity index (χ1) is 17.3. The molecule has 0 fully saturated rings. The van der Waals surface area contributed by atoms with Crippen molar-refractivity contribution in [3.63, 3.8) is 0 Å². The zero-order valence-corrected chi connectivity index (χ0v) is 20.0. The highest BCUT2D eigenvalue weighted by molar-refractivity contribution is 5.89. The largest absolute Gasteiger partial charge is 0.276 e. The van der Waals surface area contributed by atoms with E-state index in [0.717, 1.165) is 58.5 Å². The van der Waals surface area contributed by atoms with E-state index < -0.39 is 0 Å². The minimum atomic E-state index is 0.000328. The highest BCUT2D eigenvalue weighted by Crippen LogP contribution is 2.39. The first-order valence-corrected chi connectivity index (χ1v) is 12.3. The SMILES string of the molecule is CCCCc1c(-c2ccccc2)c(-c2ccccc2)c(=O)n(-c2ccccc2)c1-c1ccccc1. The van der Waals surface area contributed by atoms with Crippen LogP contribution in [0.3, 0.4) is 0 Å². The van der Waals surface area contributed by atoms with Crippen LogP contribution in [0.15, 0.2) is 126 Å². The van der Waals surface area contributed by atoms with E-state index >= 15 is 0 Å². The molecular formula is C33H29NO. The molecule has 0 amide bonds. The third-order valence-corrected chi connectivity index (χ3v) is 6.45. The van der Waals surface area contributed by atoms with E-state index in [4.69, 9.17) is 0 Å². The molecule has 172 valence electrons. The van der Waals surface area contributed by atoms with E-state index in [1.807, 2.05) is 89.5 Å². The molecule has 2 nitrogen and oxygen atoms in total. The molecule has 0 bridgehead atoms. The van der Waals surface area contributed by atoms with Gasteiger partial charge in [-0.2, -0.15) is 0 Å². The number of benzene rings is 4. The van der Waals surface area contributed by atoms with Crippen LogP contribution in [0.1, 0.15) is 25.3 Å². The van der Waals surface area contributed by atoms with Gasteiger partial charge in [0.25, 0.3) is 5.56 Å². The number of pyridine rings is 1. The monoisotopic (exact) mass is 455 g/mol. The first-order valence-electron chi connectivity index (χ1n) is 12.3. The van der Waals surface area contributed by atoms with E-state index in [1.54, 1.807) is 0 Å². The first kappa shape index (κ1) is 22.6. The van der Waals surface area contributed by atoms with Crippen molar-refractivity contribution in [2.24, 2.45) is 0 Å². The minimum absolute atomic E-state index is 0.000328. The molecule has 5 rings (SSSR count). The Morgan fingerprint density at radius 1 is 0.571 bits per heavy atom. The van der Waals surface area contributed by atoms with Gasteiger partial charge < -0.3 is 0 Å². The number of unbranched alkanes of at least 4 members (excludes halogenated alkanes) is 1. The average Bonchev–Trinajstić information content (AvgIpc) is 2.93. The molecule has 0 aliphatic rings.